The Labute approximate surface area is 138 Å². The Kier molecular flexibility index (Phi) is 4.31. The van der Waals surface area contributed by atoms with Gasteiger partial charge in [0.2, 0.25) is 0 Å². The molecule has 0 atom stereocenters. The van der Waals surface area contributed by atoms with E-state index in [9.17, 15) is 8.42 Å². The second-order valence-corrected chi connectivity index (χ2v) is 7.74. The first kappa shape index (κ1) is 15.9. The van der Waals surface area contributed by atoms with Gasteiger partial charge in [0.05, 0.1) is 10.6 Å². The molecule has 1 aliphatic heterocycles. The molecule has 1 fully saturated rings. The lowest BCUT2D eigenvalue weighted by molar-refractivity contribution is 0.601. The third-order valence-corrected chi connectivity index (χ3v) is 5.71. The van der Waals surface area contributed by atoms with Crippen LogP contribution in [0.3, 0.4) is 0 Å². The van der Waals surface area contributed by atoms with Crippen LogP contribution in [0, 0.1) is 13.8 Å². The largest absolute Gasteiger partial charge is 0.371 e. The summed E-state index contributed by atoms with van der Waals surface area (Å²) in [7, 11) is -3.56. The molecule has 23 heavy (non-hydrogen) atoms. The molecule has 0 bridgehead atoms. The van der Waals surface area contributed by atoms with Crippen molar-refractivity contribution in [3.63, 3.8) is 0 Å². The summed E-state index contributed by atoms with van der Waals surface area (Å²) in [6.07, 6.45) is 2.39. The molecule has 1 N–H and O–H groups in total. The zero-order chi connectivity index (χ0) is 16.4. The van der Waals surface area contributed by atoms with Crippen molar-refractivity contribution in [3.05, 3.63) is 53.6 Å². The van der Waals surface area contributed by atoms with Crippen LogP contribution >= 0.6 is 0 Å². The molecule has 0 saturated carbocycles. The van der Waals surface area contributed by atoms with Gasteiger partial charge < -0.3 is 4.90 Å². The van der Waals surface area contributed by atoms with Gasteiger partial charge in [0, 0.05) is 18.8 Å². The second kappa shape index (κ2) is 6.24. The van der Waals surface area contributed by atoms with E-state index in [-0.39, 0.29) is 4.90 Å². The first-order valence-corrected chi connectivity index (χ1v) is 9.40. The highest BCUT2D eigenvalue weighted by Crippen LogP contribution is 2.30. The molecule has 0 unspecified atom stereocenters. The van der Waals surface area contributed by atoms with Crippen molar-refractivity contribution in [2.75, 3.05) is 22.7 Å². The fraction of sp³-hybridized carbons (Fsp3) is 0.333. The minimum atomic E-state index is -3.56. The van der Waals surface area contributed by atoms with Crippen molar-refractivity contribution in [1.29, 1.82) is 0 Å². The number of benzene rings is 2. The van der Waals surface area contributed by atoms with E-state index in [0.717, 1.165) is 29.9 Å². The molecule has 0 amide bonds. The van der Waals surface area contributed by atoms with E-state index in [1.165, 1.54) is 12.8 Å². The number of hydrogen-bond acceptors (Lipinski definition) is 3. The minimum absolute atomic E-state index is 0.286. The Morgan fingerprint density at radius 3 is 2.26 bits per heavy atom. The lowest BCUT2D eigenvalue weighted by atomic mass is 10.1. The maximum atomic E-state index is 12.6. The first-order valence-electron chi connectivity index (χ1n) is 7.91. The third kappa shape index (κ3) is 3.34. The van der Waals surface area contributed by atoms with Crippen molar-refractivity contribution in [2.24, 2.45) is 0 Å². The van der Waals surface area contributed by atoms with Crippen LogP contribution in [0.5, 0.6) is 0 Å². The van der Waals surface area contributed by atoms with Crippen molar-refractivity contribution in [3.8, 4) is 0 Å². The fourth-order valence-corrected chi connectivity index (χ4v) is 4.08. The van der Waals surface area contributed by atoms with Gasteiger partial charge in [-0.15, -0.1) is 0 Å². The Hall–Kier alpha value is -2.01. The standard InChI is InChI=1S/C18H22N2O2S/c1-14-8-10-16(11-9-14)23(21,22)19-17-6-5-7-18(15(17)2)20-12-3-4-13-20/h5-11,19H,3-4,12-13H2,1-2H3. The van der Waals surface area contributed by atoms with Gasteiger partial charge in [0.1, 0.15) is 0 Å². The maximum Gasteiger partial charge on any atom is 0.261 e. The Bertz CT molecular complexity index is 792. The van der Waals surface area contributed by atoms with Crippen LogP contribution in [-0.2, 0) is 10.0 Å². The molecule has 5 heteroatoms. The summed E-state index contributed by atoms with van der Waals surface area (Å²) < 4.78 is 27.9. The van der Waals surface area contributed by atoms with Crippen LogP contribution in [-0.4, -0.2) is 21.5 Å². The van der Waals surface area contributed by atoms with Crippen molar-refractivity contribution >= 4 is 21.4 Å². The fourth-order valence-electron chi connectivity index (χ4n) is 2.96. The van der Waals surface area contributed by atoms with E-state index in [0.29, 0.717) is 5.69 Å². The predicted octanol–water partition coefficient (Wildman–Crippen LogP) is 3.70. The van der Waals surface area contributed by atoms with E-state index in [1.807, 2.05) is 38.1 Å². The summed E-state index contributed by atoms with van der Waals surface area (Å²) in [5, 5.41) is 0. The molecule has 2 aromatic rings. The topological polar surface area (TPSA) is 49.4 Å². The number of aryl methyl sites for hydroxylation is 1. The van der Waals surface area contributed by atoms with E-state index < -0.39 is 10.0 Å². The highest BCUT2D eigenvalue weighted by molar-refractivity contribution is 7.92. The summed E-state index contributed by atoms with van der Waals surface area (Å²) in [4.78, 5) is 2.60. The molecule has 1 saturated heterocycles. The van der Waals surface area contributed by atoms with Crippen LogP contribution in [0.1, 0.15) is 24.0 Å². The number of nitrogens with zero attached hydrogens (tertiary/aromatic N) is 1. The Morgan fingerprint density at radius 2 is 1.61 bits per heavy atom. The van der Waals surface area contributed by atoms with Crippen LogP contribution in [0.2, 0.25) is 0 Å². The lowest BCUT2D eigenvalue weighted by Gasteiger charge is -2.22. The third-order valence-electron chi connectivity index (χ3n) is 4.33. The van der Waals surface area contributed by atoms with Crippen LogP contribution < -0.4 is 9.62 Å². The zero-order valence-corrected chi connectivity index (χ0v) is 14.4. The highest BCUT2D eigenvalue weighted by Gasteiger charge is 2.19. The molecule has 0 radical (unpaired) electrons. The van der Waals surface area contributed by atoms with Crippen molar-refractivity contribution in [1.82, 2.24) is 0 Å². The molecule has 3 rings (SSSR count). The van der Waals surface area contributed by atoms with E-state index in [2.05, 4.69) is 15.7 Å². The van der Waals surface area contributed by atoms with Gasteiger partial charge in [-0.2, -0.15) is 0 Å². The van der Waals surface area contributed by atoms with Crippen LogP contribution in [0.4, 0.5) is 11.4 Å². The van der Waals surface area contributed by atoms with Crippen molar-refractivity contribution in [2.45, 2.75) is 31.6 Å². The summed E-state index contributed by atoms with van der Waals surface area (Å²) in [5.41, 5.74) is 3.78. The van der Waals surface area contributed by atoms with Gasteiger partial charge in [-0.05, 0) is 56.5 Å². The summed E-state index contributed by atoms with van der Waals surface area (Å²) in [6, 6.07) is 12.7. The minimum Gasteiger partial charge on any atom is -0.371 e. The second-order valence-electron chi connectivity index (χ2n) is 6.06. The van der Waals surface area contributed by atoms with Crippen LogP contribution in [0.25, 0.3) is 0 Å². The SMILES string of the molecule is Cc1ccc(S(=O)(=O)Nc2cccc(N3CCCC3)c2C)cc1. The molecule has 0 spiro atoms. The zero-order valence-electron chi connectivity index (χ0n) is 13.5. The summed E-state index contributed by atoms with van der Waals surface area (Å²) >= 11 is 0. The van der Waals surface area contributed by atoms with E-state index >= 15 is 0 Å². The number of anilines is 2. The van der Waals surface area contributed by atoms with E-state index in [1.54, 1.807) is 12.1 Å². The monoisotopic (exact) mass is 330 g/mol. The van der Waals surface area contributed by atoms with Gasteiger partial charge in [0.15, 0.2) is 0 Å². The lowest BCUT2D eigenvalue weighted by Crippen LogP contribution is -2.20. The van der Waals surface area contributed by atoms with Gasteiger partial charge in [-0.3, -0.25) is 4.72 Å². The highest BCUT2D eigenvalue weighted by atomic mass is 32.2. The van der Waals surface area contributed by atoms with Gasteiger partial charge >= 0.3 is 0 Å². The molecular formula is C18H22N2O2S. The first-order chi connectivity index (χ1) is 11.0. The Morgan fingerprint density at radius 1 is 0.957 bits per heavy atom. The molecule has 0 aliphatic carbocycles. The summed E-state index contributed by atoms with van der Waals surface area (Å²) in [5.74, 6) is 0. The van der Waals surface area contributed by atoms with E-state index in [4.69, 9.17) is 0 Å². The average molecular weight is 330 g/mol. The van der Waals surface area contributed by atoms with Gasteiger partial charge in [-0.25, -0.2) is 8.42 Å². The summed E-state index contributed by atoms with van der Waals surface area (Å²) in [6.45, 7) is 5.98. The van der Waals surface area contributed by atoms with Crippen molar-refractivity contribution < 1.29 is 8.42 Å². The molecule has 1 aliphatic rings. The molecule has 1 heterocycles. The predicted molar refractivity (Wildman–Crippen MR) is 94.6 cm³/mol. The van der Waals surface area contributed by atoms with Crippen LogP contribution in [0.15, 0.2) is 47.4 Å². The molecule has 4 nitrogen and oxygen atoms in total. The average Bonchev–Trinajstić information content (AvgIpc) is 3.04. The number of sulfonamides is 1. The number of rotatable bonds is 4. The molecule has 0 aromatic heterocycles. The smallest absolute Gasteiger partial charge is 0.261 e. The number of hydrogen-bond donors (Lipinski definition) is 1. The number of nitrogens with one attached hydrogen (secondary N) is 1. The van der Waals surface area contributed by atoms with Gasteiger partial charge in [-0.1, -0.05) is 23.8 Å². The molecular weight excluding hydrogens is 308 g/mol. The molecule has 2 aromatic carbocycles. The van der Waals surface area contributed by atoms with Gasteiger partial charge in [0.25, 0.3) is 10.0 Å². The quantitative estimate of drug-likeness (QED) is 0.930. The maximum absolute atomic E-state index is 12.6. The molecule has 122 valence electrons. The normalized spacial score (nSPS) is 15.0. The Balaban J connectivity index is 1.90.